The summed E-state index contributed by atoms with van der Waals surface area (Å²) in [6, 6.07) is 0.173. The van der Waals surface area contributed by atoms with Crippen molar-refractivity contribution in [3.8, 4) is 0 Å². The highest BCUT2D eigenvalue weighted by Crippen LogP contribution is 2.24. The Kier molecular flexibility index (Phi) is 5.08. The van der Waals surface area contributed by atoms with Crippen LogP contribution in [0, 0.1) is 11.8 Å². The summed E-state index contributed by atoms with van der Waals surface area (Å²) in [6.07, 6.45) is 2.07. The minimum atomic E-state index is -0.745. The molecule has 21 heavy (non-hydrogen) atoms. The van der Waals surface area contributed by atoms with Crippen LogP contribution < -0.4 is 5.32 Å². The molecule has 2 rings (SSSR count). The van der Waals surface area contributed by atoms with E-state index in [-0.39, 0.29) is 24.0 Å². The van der Waals surface area contributed by atoms with E-state index in [1.807, 2.05) is 6.92 Å². The summed E-state index contributed by atoms with van der Waals surface area (Å²) in [5, 5.41) is 12.2. The highest BCUT2D eigenvalue weighted by atomic mass is 16.4. The molecule has 2 fully saturated rings. The Balaban J connectivity index is 1.87. The summed E-state index contributed by atoms with van der Waals surface area (Å²) in [6.45, 7) is 6.64. The maximum absolute atomic E-state index is 12.4. The standard InChI is InChI=1S/C15H27N3O3/c1-10-9-17(3)6-5-13(10)16-15(21)18-7-4-12(14(19)20)8-11(18)2/h10-13H,4-9H2,1-3H3,(H,16,21)(H,19,20). The molecule has 2 saturated heterocycles. The van der Waals surface area contributed by atoms with Crippen LogP contribution in [0.5, 0.6) is 0 Å². The average molecular weight is 297 g/mol. The lowest BCUT2D eigenvalue weighted by atomic mass is 9.91. The number of urea groups is 1. The topological polar surface area (TPSA) is 72.9 Å². The summed E-state index contributed by atoms with van der Waals surface area (Å²) in [7, 11) is 2.10. The van der Waals surface area contributed by atoms with Crippen LogP contribution in [-0.4, -0.2) is 65.7 Å². The lowest BCUT2D eigenvalue weighted by molar-refractivity contribution is -0.143. The average Bonchev–Trinajstić information content (AvgIpc) is 2.41. The van der Waals surface area contributed by atoms with E-state index in [0.29, 0.717) is 25.3 Å². The fourth-order valence-electron chi connectivity index (χ4n) is 3.51. The summed E-state index contributed by atoms with van der Waals surface area (Å²) >= 11 is 0. The number of carbonyl (C=O) groups is 2. The zero-order valence-corrected chi connectivity index (χ0v) is 13.2. The van der Waals surface area contributed by atoms with Gasteiger partial charge in [-0.15, -0.1) is 0 Å². The van der Waals surface area contributed by atoms with Gasteiger partial charge in [-0.05, 0) is 45.7 Å². The number of nitrogens with zero attached hydrogens (tertiary/aromatic N) is 2. The van der Waals surface area contributed by atoms with Gasteiger partial charge < -0.3 is 20.2 Å². The highest BCUT2D eigenvalue weighted by molar-refractivity contribution is 5.76. The van der Waals surface area contributed by atoms with Gasteiger partial charge in [-0.3, -0.25) is 4.79 Å². The fourth-order valence-corrected chi connectivity index (χ4v) is 3.51. The second-order valence-electron chi connectivity index (χ2n) is 6.69. The number of piperidine rings is 2. The molecule has 2 aliphatic heterocycles. The first kappa shape index (κ1) is 16.1. The second kappa shape index (κ2) is 6.64. The zero-order chi connectivity index (χ0) is 15.6. The molecule has 0 aliphatic carbocycles. The van der Waals surface area contributed by atoms with Crippen LogP contribution in [0.15, 0.2) is 0 Å². The number of likely N-dealkylation sites (tertiary alicyclic amines) is 2. The van der Waals surface area contributed by atoms with E-state index < -0.39 is 5.97 Å². The smallest absolute Gasteiger partial charge is 0.317 e. The number of nitrogens with one attached hydrogen (secondary N) is 1. The molecule has 2 N–H and O–H groups in total. The van der Waals surface area contributed by atoms with Crippen molar-refractivity contribution in [3.63, 3.8) is 0 Å². The fraction of sp³-hybridized carbons (Fsp3) is 0.867. The number of carboxylic acid groups (broad SMARTS) is 1. The first-order valence-corrected chi connectivity index (χ1v) is 7.87. The largest absolute Gasteiger partial charge is 0.481 e. The maximum Gasteiger partial charge on any atom is 0.317 e. The van der Waals surface area contributed by atoms with Crippen LogP contribution in [0.2, 0.25) is 0 Å². The Bertz CT molecular complexity index is 402. The minimum absolute atomic E-state index is 0.0126. The van der Waals surface area contributed by atoms with E-state index in [1.165, 1.54) is 0 Å². The molecule has 6 nitrogen and oxygen atoms in total. The van der Waals surface area contributed by atoms with E-state index in [9.17, 15) is 9.59 Å². The Morgan fingerprint density at radius 3 is 2.48 bits per heavy atom. The number of hydrogen-bond acceptors (Lipinski definition) is 3. The predicted molar refractivity (Wildman–Crippen MR) is 80.1 cm³/mol. The summed E-state index contributed by atoms with van der Waals surface area (Å²) in [5.41, 5.74) is 0. The van der Waals surface area contributed by atoms with Gasteiger partial charge >= 0.3 is 12.0 Å². The van der Waals surface area contributed by atoms with Crippen molar-refractivity contribution in [3.05, 3.63) is 0 Å². The van der Waals surface area contributed by atoms with Gasteiger partial charge in [0.15, 0.2) is 0 Å². The van der Waals surface area contributed by atoms with Crippen LogP contribution in [-0.2, 0) is 4.79 Å². The lowest BCUT2D eigenvalue weighted by Crippen LogP contribution is -2.56. The van der Waals surface area contributed by atoms with Crippen LogP contribution in [0.1, 0.15) is 33.1 Å². The third-order valence-electron chi connectivity index (χ3n) is 4.90. The molecule has 2 amide bonds. The van der Waals surface area contributed by atoms with E-state index in [0.717, 1.165) is 19.5 Å². The first-order valence-electron chi connectivity index (χ1n) is 7.87. The molecular formula is C15H27N3O3. The van der Waals surface area contributed by atoms with Gasteiger partial charge in [0.2, 0.25) is 0 Å². The van der Waals surface area contributed by atoms with Crippen molar-refractivity contribution < 1.29 is 14.7 Å². The zero-order valence-electron chi connectivity index (χ0n) is 13.2. The number of hydrogen-bond donors (Lipinski definition) is 2. The van der Waals surface area contributed by atoms with Gasteiger partial charge in [0.05, 0.1) is 5.92 Å². The number of aliphatic carboxylic acids is 1. The highest BCUT2D eigenvalue weighted by Gasteiger charge is 2.34. The van der Waals surface area contributed by atoms with E-state index in [4.69, 9.17) is 5.11 Å². The number of carbonyl (C=O) groups excluding carboxylic acids is 1. The summed E-state index contributed by atoms with van der Waals surface area (Å²) in [5.74, 6) is -0.614. The molecule has 2 heterocycles. The normalized spacial score (nSPS) is 34.5. The van der Waals surface area contributed by atoms with E-state index in [2.05, 4.69) is 24.2 Å². The Labute approximate surface area is 126 Å². The molecule has 2 aliphatic rings. The van der Waals surface area contributed by atoms with Gasteiger partial charge in [0.1, 0.15) is 0 Å². The van der Waals surface area contributed by atoms with Gasteiger partial charge in [-0.1, -0.05) is 6.92 Å². The van der Waals surface area contributed by atoms with Gasteiger partial charge in [-0.2, -0.15) is 0 Å². The SMILES string of the molecule is CC1CN(C)CCC1NC(=O)N1CCC(C(=O)O)CC1C. The lowest BCUT2D eigenvalue weighted by Gasteiger charge is -2.40. The van der Waals surface area contributed by atoms with Crippen molar-refractivity contribution >= 4 is 12.0 Å². The maximum atomic E-state index is 12.4. The molecule has 0 saturated carbocycles. The van der Waals surface area contributed by atoms with Gasteiger partial charge in [-0.25, -0.2) is 4.79 Å². The number of carboxylic acids is 1. The van der Waals surface area contributed by atoms with Crippen molar-refractivity contribution in [1.82, 2.24) is 15.1 Å². The van der Waals surface area contributed by atoms with Crippen molar-refractivity contribution in [2.45, 2.75) is 45.2 Å². The van der Waals surface area contributed by atoms with Crippen molar-refractivity contribution in [1.29, 1.82) is 0 Å². The Morgan fingerprint density at radius 2 is 1.90 bits per heavy atom. The first-order chi connectivity index (χ1) is 9.88. The van der Waals surface area contributed by atoms with E-state index in [1.54, 1.807) is 4.90 Å². The van der Waals surface area contributed by atoms with Crippen molar-refractivity contribution in [2.75, 3.05) is 26.7 Å². The van der Waals surface area contributed by atoms with Crippen LogP contribution in [0.3, 0.4) is 0 Å². The van der Waals surface area contributed by atoms with Crippen LogP contribution in [0.4, 0.5) is 4.79 Å². The molecule has 0 bridgehead atoms. The Hall–Kier alpha value is -1.30. The van der Waals surface area contributed by atoms with Gasteiger partial charge in [0, 0.05) is 25.2 Å². The minimum Gasteiger partial charge on any atom is -0.481 e. The van der Waals surface area contributed by atoms with E-state index >= 15 is 0 Å². The molecule has 0 aromatic carbocycles. The quantitative estimate of drug-likeness (QED) is 0.804. The third kappa shape index (κ3) is 3.87. The molecule has 4 atom stereocenters. The molecule has 0 aromatic rings. The van der Waals surface area contributed by atoms with Gasteiger partial charge in [0.25, 0.3) is 0 Å². The molecule has 120 valence electrons. The van der Waals surface area contributed by atoms with Crippen molar-refractivity contribution in [2.24, 2.45) is 11.8 Å². The molecule has 0 spiro atoms. The van der Waals surface area contributed by atoms with Crippen LogP contribution >= 0.6 is 0 Å². The molecule has 0 radical (unpaired) electrons. The summed E-state index contributed by atoms with van der Waals surface area (Å²) < 4.78 is 0. The second-order valence-corrected chi connectivity index (χ2v) is 6.69. The third-order valence-corrected chi connectivity index (χ3v) is 4.90. The molecule has 0 aromatic heterocycles. The molecule has 4 unspecified atom stereocenters. The number of amides is 2. The molecule has 6 heteroatoms. The Morgan fingerprint density at radius 1 is 1.19 bits per heavy atom. The monoisotopic (exact) mass is 297 g/mol. The summed E-state index contributed by atoms with van der Waals surface area (Å²) in [4.78, 5) is 27.6. The van der Waals surface area contributed by atoms with Crippen LogP contribution in [0.25, 0.3) is 0 Å². The predicted octanol–water partition coefficient (Wildman–Crippen LogP) is 1.22. The number of rotatable bonds is 2. The molecular weight excluding hydrogens is 270 g/mol.